The number of rotatable bonds is 4. The molecule has 1 saturated heterocycles. The molecule has 1 aliphatic rings. The van der Waals surface area contributed by atoms with Crippen LogP contribution < -0.4 is 15.4 Å². The molecule has 0 spiro atoms. The molecule has 0 atom stereocenters. The molecule has 1 heterocycles. The smallest absolute Gasteiger partial charge is 0.142 e. The summed E-state index contributed by atoms with van der Waals surface area (Å²) in [7, 11) is 0. The van der Waals surface area contributed by atoms with Crippen LogP contribution in [-0.4, -0.2) is 26.2 Å². The van der Waals surface area contributed by atoms with Crippen molar-refractivity contribution in [2.24, 2.45) is 5.73 Å². The fourth-order valence-electron chi connectivity index (χ4n) is 1.97. The molecule has 0 saturated carbocycles. The van der Waals surface area contributed by atoms with Gasteiger partial charge in [0.25, 0.3) is 0 Å². The molecule has 1 fully saturated rings. The lowest BCUT2D eigenvalue weighted by Gasteiger charge is -2.20. The number of nitrogens with two attached hydrogens (primary N) is 1. The predicted molar refractivity (Wildman–Crippen MR) is 62.4 cm³/mol. The Morgan fingerprint density at radius 2 is 1.93 bits per heavy atom. The lowest BCUT2D eigenvalue weighted by Crippen LogP contribution is -2.19. The molecule has 0 unspecified atom stereocenters. The Morgan fingerprint density at radius 1 is 1.20 bits per heavy atom. The summed E-state index contributed by atoms with van der Waals surface area (Å²) in [5, 5.41) is 0. The maximum Gasteiger partial charge on any atom is 0.142 e. The highest BCUT2D eigenvalue weighted by Crippen LogP contribution is 2.30. The van der Waals surface area contributed by atoms with Crippen LogP contribution in [0.4, 0.5) is 5.69 Å². The minimum Gasteiger partial charge on any atom is -0.490 e. The van der Waals surface area contributed by atoms with Crippen LogP contribution in [0.25, 0.3) is 0 Å². The van der Waals surface area contributed by atoms with Gasteiger partial charge in [-0.05, 0) is 25.0 Å². The van der Waals surface area contributed by atoms with Crippen LogP contribution in [0.3, 0.4) is 0 Å². The lowest BCUT2D eigenvalue weighted by atomic mass is 10.2. The van der Waals surface area contributed by atoms with Crippen molar-refractivity contribution >= 4 is 5.69 Å². The van der Waals surface area contributed by atoms with Gasteiger partial charge in [-0.2, -0.15) is 0 Å². The van der Waals surface area contributed by atoms with Crippen LogP contribution in [0.1, 0.15) is 12.8 Å². The van der Waals surface area contributed by atoms with E-state index in [1.165, 1.54) is 18.5 Å². The number of para-hydroxylation sites is 2. The zero-order valence-electron chi connectivity index (χ0n) is 8.98. The van der Waals surface area contributed by atoms with Crippen molar-refractivity contribution in [2.45, 2.75) is 12.8 Å². The molecule has 0 radical (unpaired) electrons. The van der Waals surface area contributed by atoms with Gasteiger partial charge in [0.1, 0.15) is 12.4 Å². The summed E-state index contributed by atoms with van der Waals surface area (Å²) in [5.41, 5.74) is 6.65. The molecule has 1 aromatic rings. The summed E-state index contributed by atoms with van der Waals surface area (Å²) in [6.07, 6.45) is 2.57. The van der Waals surface area contributed by atoms with Crippen LogP contribution in [-0.2, 0) is 0 Å². The number of nitrogens with zero attached hydrogens (tertiary/aromatic N) is 1. The van der Waals surface area contributed by atoms with Crippen LogP contribution in [0, 0.1) is 0 Å². The second-order valence-corrected chi connectivity index (χ2v) is 3.80. The Kier molecular flexibility index (Phi) is 3.45. The fourth-order valence-corrected chi connectivity index (χ4v) is 1.97. The van der Waals surface area contributed by atoms with E-state index >= 15 is 0 Å². The van der Waals surface area contributed by atoms with E-state index in [0.29, 0.717) is 13.2 Å². The molecule has 15 heavy (non-hydrogen) atoms. The Labute approximate surface area is 90.8 Å². The van der Waals surface area contributed by atoms with Crippen molar-refractivity contribution in [3.05, 3.63) is 24.3 Å². The second-order valence-electron chi connectivity index (χ2n) is 3.80. The minimum atomic E-state index is 0.564. The summed E-state index contributed by atoms with van der Waals surface area (Å²) < 4.78 is 5.63. The van der Waals surface area contributed by atoms with Gasteiger partial charge < -0.3 is 15.4 Å². The van der Waals surface area contributed by atoms with Crippen molar-refractivity contribution in [1.82, 2.24) is 0 Å². The van der Waals surface area contributed by atoms with Crippen molar-refractivity contribution in [3.8, 4) is 5.75 Å². The van der Waals surface area contributed by atoms with Crippen molar-refractivity contribution in [2.75, 3.05) is 31.1 Å². The number of benzene rings is 1. The summed E-state index contributed by atoms with van der Waals surface area (Å²) in [5.74, 6) is 0.963. The first-order chi connectivity index (χ1) is 7.42. The van der Waals surface area contributed by atoms with Gasteiger partial charge in [-0.15, -0.1) is 0 Å². The van der Waals surface area contributed by atoms with Gasteiger partial charge in [0.15, 0.2) is 0 Å². The van der Waals surface area contributed by atoms with E-state index in [2.05, 4.69) is 17.0 Å². The highest BCUT2D eigenvalue weighted by Gasteiger charge is 2.15. The summed E-state index contributed by atoms with van der Waals surface area (Å²) >= 11 is 0. The molecule has 0 bridgehead atoms. The van der Waals surface area contributed by atoms with Gasteiger partial charge in [0, 0.05) is 19.6 Å². The van der Waals surface area contributed by atoms with Gasteiger partial charge in [-0.1, -0.05) is 12.1 Å². The lowest BCUT2D eigenvalue weighted by molar-refractivity contribution is 0.329. The molecule has 0 aromatic heterocycles. The van der Waals surface area contributed by atoms with Gasteiger partial charge >= 0.3 is 0 Å². The van der Waals surface area contributed by atoms with Gasteiger partial charge in [0.2, 0.25) is 0 Å². The molecule has 1 aromatic carbocycles. The van der Waals surface area contributed by atoms with Crippen LogP contribution in [0.15, 0.2) is 24.3 Å². The maximum atomic E-state index is 5.63. The molecule has 2 rings (SSSR count). The van der Waals surface area contributed by atoms with E-state index in [-0.39, 0.29) is 0 Å². The summed E-state index contributed by atoms with van der Waals surface area (Å²) in [6.45, 7) is 3.44. The largest absolute Gasteiger partial charge is 0.490 e. The highest BCUT2D eigenvalue weighted by atomic mass is 16.5. The number of ether oxygens (including phenoxy) is 1. The van der Waals surface area contributed by atoms with E-state index in [1.54, 1.807) is 0 Å². The monoisotopic (exact) mass is 206 g/mol. The molecule has 3 heteroatoms. The van der Waals surface area contributed by atoms with E-state index < -0.39 is 0 Å². The second kappa shape index (κ2) is 5.03. The molecular formula is C12H18N2O. The Balaban J connectivity index is 2.13. The standard InChI is InChI=1S/C12H18N2O/c13-7-10-15-12-6-2-1-5-11(12)14-8-3-4-9-14/h1-2,5-6H,3-4,7-10,13H2. The molecule has 2 N–H and O–H groups in total. The molecule has 0 aliphatic carbocycles. The van der Waals surface area contributed by atoms with Crippen LogP contribution in [0.5, 0.6) is 5.75 Å². The Hall–Kier alpha value is -1.22. The summed E-state index contributed by atoms with van der Waals surface area (Å²) in [6, 6.07) is 8.20. The highest BCUT2D eigenvalue weighted by molar-refractivity contribution is 5.58. The normalized spacial score (nSPS) is 15.7. The fraction of sp³-hybridized carbons (Fsp3) is 0.500. The zero-order valence-corrected chi connectivity index (χ0v) is 8.98. The summed E-state index contributed by atoms with van der Waals surface area (Å²) in [4.78, 5) is 2.38. The van der Waals surface area contributed by atoms with E-state index in [1.807, 2.05) is 12.1 Å². The molecule has 82 valence electrons. The SMILES string of the molecule is NCCOc1ccccc1N1CCCC1. The Morgan fingerprint density at radius 3 is 2.67 bits per heavy atom. The minimum absolute atomic E-state index is 0.564. The molecule has 3 nitrogen and oxygen atoms in total. The van der Waals surface area contributed by atoms with E-state index in [0.717, 1.165) is 18.8 Å². The van der Waals surface area contributed by atoms with Gasteiger partial charge in [-0.3, -0.25) is 0 Å². The van der Waals surface area contributed by atoms with Crippen LogP contribution >= 0.6 is 0 Å². The average molecular weight is 206 g/mol. The number of hydrogen-bond donors (Lipinski definition) is 1. The predicted octanol–water partition coefficient (Wildman–Crippen LogP) is 1.62. The third-order valence-corrected chi connectivity index (χ3v) is 2.69. The number of anilines is 1. The third kappa shape index (κ3) is 2.42. The van der Waals surface area contributed by atoms with Crippen molar-refractivity contribution in [3.63, 3.8) is 0 Å². The average Bonchev–Trinajstić information content (AvgIpc) is 2.80. The Bertz CT molecular complexity index is 308. The third-order valence-electron chi connectivity index (χ3n) is 2.69. The van der Waals surface area contributed by atoms with Gasteiger partial charge in [-0.25, -0.2) is 0 Å². The zero-order chi connectivity index (χ0) is 10.5. The molecule has 0 amide bonds. The van der Waals surface area contributed by atoms with E-state index in [9.17, 15) is 0 Å². The first-order valence-corrected chi connectivity index (χ1v) is 5.58. The van der Waals surface area contributed by atoms with E-state index in [4.69, 9.17) is 10.5 Å². The van der Waals surface area contributed by atoms with Gasteiger partial charge in [0.05, 0.1) is 5.69 Å². The quantitative estimate of drug-likeness (QED) is 0.813. The van der Waals surface area contributed by atoms with Crippen LogP contribution in [0.2, 0.25) is 0 Å². The van der Waals surface area contributed by atoms with Crippen molar-refractivity contribution in [1.29, 1.82) is 0 Å². The van der Waals surface area contributed by atoms with Crippen molar-refractivity contribution < 1.29 is 4.74 Å². The first kappa shape index (κ1) is 10.3. The molecule has 1 aliphatic heterocycles. The first-order valence-electron chi connectivity index (χ1n) is 5.58. The topological polar surface area (TPSA) is 38.5 Å². The number of hydrogen-bond acceptors (Lipinski definition) is 3. The molecular weight excluding hydrogens is 188 g/mol. The maximum absolute atomic E-state index is 5.63.